The topological polar surface area (TPSA) is 65.7 Å². The van der Waals surface area contributed by atoms with E-state index in [1.54, 1.807) is 0 Å². The molecular formula is C19H36N2O3Si. The van der Waals surface area contributed by atoms with Gasteiger partial charge in [0, 0.05) is 38.1 Å². The van der Waals surface area contributed by atoms with E-state index in [0.29, 0.717) is 26.4 Å². The molecule has 0 aliphatic heterocycles. The van der Waals surface area contributed by atoms with Crippen molar-refractivity contribution in [1.82, 2.24) is 5.32 Å². The van der Waals surface area contributed by atoms with Crippen molar-refractivity contribution < 1.29 is 13.3 Å². The molecule has 0 aliphatic rings. The van der Waals surface area contributed by atoms with Crippen LogP contribution in [0, 0.1) is 0 Å². The van der Waals surface area contributed by atoms with Crippen LogP contribution >= 0.6 is 0 Å². The van der Waals surface area contributed by atoms with Crippen LogP contribution in [0.1, 0.15) is 46.0 Å². The Labute approximate surface area is 154 Å². The molecular weight excluding hydrogens is 332 g/mol. The molecule has 0 radical (unpaired) electrons. The van der Waals surface area contributed by atoms with Gasteiger partial charge in [-0.3, -0.25) is 0 Å². The number of unbranched alkanes of at least 4 members (excludes halogenated alkanes) is 2. The van der Waals surface area contributed by atoms with E-state index < -0.39 is 8.80 Å². The lowest BCUT2D eigenvalue weighted by atomic mass is 10.2. The van der Waals surface area contributed by atoms with Gasteiger partial charge in [0.2, 0.25) is 0 Å². The number of nitrogens with two attached hydrogens (primary N) is 1. The summed E-state index contributed by atoms with van der Waals surface area (Å²) in [6, 6.07) is 10.2. The molecule has 6 heteroatoms. The fourth-order valence-corrected chi connectivity index (χ4v) is 5.16. The minimum atomic E-state index is -2.83. The molecule has 5 nitrogen and oxygen atoms in total. The number of nitrogens with one attached hydrogen (secondary N) is 1. The zero-order valence-electron chi connectivity index (χ0n) is 16.0. The fraction of sp³-hybridized carbons (Fsp3) is 0.684. The summed E-state index contributed by atoms with van der Waals surface area (Å²) in [6.07, 6.45) is 5.17. The first-order chi connectivity index (χ1) is 12.3. The highest BCUT2D eigenvalue weighted by Gasteiger charge is 2.43. The van der Waals surface area contributed by atoms with Gasteiger partial charge in [-0.2, -0.15) is 0 Å². The zero-order chi connectivity index (χ0) is 18.2. The minimum absolute atomic E-state index is 0.661. The van der Waals surface area contributed by atoms with Crippen molar-refractivity contribution in [2.75, 3.05) is 39.5 Å². The van der Waals surface area contributed by atoms with E-state index in [-0.39, 0.29) is 0 Å². The van der Waals surface area contributed by atoms with E-state index in [9.17, 15) is 0 Å². The van der Waals surface area contributed by atoms with Crippen LogP contribution in [0.3, 0.4) is 0 Å². The second kappa shape index (κ2) is 14.4. The third-order valence-corrected chi connectivity index (χ3v) is 6.52. The Hall–Kier alpha value is -0.763. The summed E-state index contributed by atoms with van der Waals surface area (Å²) in [4.78, 5) is 0. The molecule has 1 aromatic carbocycles. The maximum absolute atomic E-state index is 6.30. The van der Waals surface area contributed by atoms with E-state index in [0.717, 1.165) is 50.4 Å². The second-order valence-corrected chi connectivity index (χ2v) is 8.62. The molecule has 0 heterocycles. The first kappa shape index (κ1) is 22.3. The molecule has 25 heavy (non-hydrogen) atoms. The molecule has 1 rings (SSSR count). The van der Waals surface area contributed by atoms with Crippen molar-refractivity contribution in [3.8, 4) is 0 Å². The quantitative estimate of drug-likeness (QED) is 0.346. The van der Waals surface area contributed by atoms with Crippen LogP contribution in [-0.4, -0.2) is 48.3 Å². The molecule has 0 spiro atoms. The summed E-state index contributed by atoms with van der Waals surface area (Å²) in [6.45, 7) is 8.80. The Balaban J connectivity index is 2.57. The van der Waals surface area contributed by atoms with E-state index in [1.165, 1.54) is 0 Å². The Morgan fingerprint density at radius 1 is 0.840 bits per heavy atom. The van der Waals surface area contributed by atoms with Crippen molar-refractivity contribution in [1.29, 1.82) is 0 Å². The molecule has 0 unspecified atom stereocenters. The predicted molar refractivity (Wildman–Crippen MR) is 106 cm³/mol. The highest BCUT2D eigenvalue weighted by Crippen LogP contribution is 2.13. The first-order valence-electron chi connectivity index (χ1n) is 9.67. The standard InChI is InChI=1S/C19H36N2O3Si/c1-3-16-22-25(23-17-4-2,19-11-7-5-8-12-19)24-18-10-6-9-14-21-15-13-20/h5,7-8,11-12,21H,3-4,6,9-10,13-18,20H2,1-2H3. The van der Waals surface area contributed by atoms with Gasteiger partial charge in [0.25, 0.3) is 0 Å². The fourth-order valence-electron chi connectivity index (χ4n) is 2.45. The molecule has 0 aromatic heterocycles. The summed E-state index contributed by atoms with van der Waals surface area (Å²) < 4.78 is 18.7. The van der Waals surface area contributed by atoms with Gasteiger partial charge in [-0.05, 0) is 38.6 Å². The maximum atomic E-state index is 6.30. The van der Waals surface area contributed by atoms with Crippen molar-refractivity contribution in [3.63, 3.8) is 0 Å². The Kier molecular flexibility index (Phi) is 12.8. The number of benzene rings is 1. The summed E-state index contributed by atoms with van der Waals surface area (Å²) in [5.41, 5.74) is 5.47. The van der Waals surface area contributed by atoms with Crippen molar-refractivity contribution in [3.05, 3.63) is 30.3 Å². The van der Waals surface area contributed by atoms with Gasteiger partial charge < -0.3 is 24.3 Å². The number of hydrogen-bond donors (Lipinski definition) is 2. The number of rotatable bonds is 16. The lowest BCUT2D eigenvalue weighted by Crippen LogP contribution is -2.57. The Morgan fingerprint density at radius 2 is 1.48 bits per heavy atom. The molecule has 0 amide bonds. The highest BCUT2D eigenvalue weighted by molar-refractivity contribution is 6.75. The Morgan fingerprint density at radius 3 is 2.08 bits per heavy atom. The average Bonchev–Trinajstić information content (AvgIpc) is 2.66. The van der Waals surface area contributed by atoms with Gasteiger partial charge in [-0.15, -0.1) is 0 Å². The monoisotopic (exact) mass is 368 g/mol. The highest BCUT2D eigenvalue weighted by atomic mass is 28.4. The van der Waals surface area contributed by atoms with Gasteiger partial charge in [-0.1, -0.05) is 44.2 Å². The molecule has 144 valence electrons. The summed E-state index contributed by atoms with van der Waals surface area (Å²) in [7, 11) is -2.83. The second-order valence-electron chi connectivity index (χ2n) is 6.07. The lowest BCUT2D eigenvalue weighted by Gasteiger charge is -2.30. The third kappa shape index (κ3) is 8.94. The summed E-state index contributed by atoms with van der Waals surface area (Å²) in [5.74, 6) is 0. The zero-order valence-corrected chi connectivity index (χ0v) is 17.0. The van der Waals surface area contributed by atoms with Crippen LogP contribution in [0.15, 0.2) is 30.3 Å². The lowest BCUT2D eigenvalue weighted by molar-refractivity contribution is 0.0717. The normalized spacial score (nSPS) is 11.8. The van der Waals surface area contributed by atoms with Crippen LogP contribution in [-0.2, 0) is 13.3 Å². The maximum Gasteiger partial charge on any atom is 0.537 e. The van der Waals surface area contributed by atoms with Crippen molar-refractivity contribution in [2.24, 2.45) is 5.73 Å². The SMILES string of the molecule is CCCO[Si](OCCC)(OCCCCCNCCN)c1ccccc1. The molecule has 0 saturated carbocycles. The first-order valence-corrected chi connectivity index (χ1v) is 11.4. The average molecular weight is 369 g/mol. The largest absolute Gasteiger partial charge is 0.537 e. The molecule has 0 aliphatic carbocycles. The summed E-state index contributed by atoms with van der Waals surface area (Å²) in [5, 5.41) is 4.37. The molecule has 0 atom stereocenters. The van der Waals surface area contributed by atoms with Gasteiger partial charge >= 0.3 is 8.80 Å². The van der Waals surface area contributed by atoms with Crippen LogP contribution < -0.4 is 16.2 Å². The van der Waals surface area contributed by atoms with E-state index in [2.05, 4.69) is 31.3 Å². The van der Waals surface area contributed by atoms with Gasteiger partial charge in [0.1, 0.15) is 0 Å². The van der Waals surface area contributed by atoms with Gasteiger partial charge in [-0.25, -0.2) is 0 Å². The smallest absolute Gasteiger partial charge is 0.370 e. The molecule has 1 aromatic rings. The summed E-state index contributed by atoms with van der Waals surface area (Å²) >= 11 is 0. The van der Waals surface area contributed by atoms with E-state index in [1.807, 2.05) is 18.2 Å². The van der Waals surface area contributed by atoms with Crippen LogP contribution in [0.5, 0.6) is 0 Å². The number of hydrogen-bond acceptors (Lipinski definition) is 5. The van der Waals surface area contributed by atoms with Crippen molar-refractivity contribution in [2.45, 2.75) is 46.0 Å². The van der Waals surface area contributed by atoms with Crippen LogP contribution in [0.2, 0.25) is 0 Å². The Bertz CT molecular complexity index is 412. The van der Waals surface area contributed by atoms with Crippen LogP contribution in [0.4, 0.5) is 0 Å². The molecule has 0 saturated heterocycles. The molecule has 3 N–H and O–H groups in total. The third-order valence-electron chi connectivity index (χ3n) is 3.73. The predicted octanol–water partition coefficient (Wildman–Crippen LogP) is 2.42. The molecule has 0 fully saturated rings. The van der Waals surface area contributed by atoms with E-state index >= 15 is 0 Å². The van der Waals surface area contributed by atoms with Gasteiger partial charge in [0.15, 0.2) is 0 Å². The van der Waals surface area contributed by atoms with Crippen molar-refractivity contribution >= 4 is 14.0 Å². The van der Waals surface area contributed by atoms with Crippen LogP contribution in [0.25, 0.3) is 0 Å². The van der Waals surface area contributed by atoms with E-state index in [4.69, 9.17) is 19.0 Å². The minimum Gasteiger partial charge on any atom is -0.370 e. The molecule has 0 bridgehead atoms. The van der Waals surface area contributed by atoms with Gasteiger partial charge in [0.05, 0.1) is 0 Å².